The molecular weight excluding hydrogens is 367 g/mol. The van der Waals surface area contributed by atoms with Crippen LogP contribution in [0.5, 0.6) is 0 Å². The first kappa shape index (κ1) is 16.0. The number of carbonyl (C=O) groups excluding carboxylic acids is 1. The van der Waals surface area contributed by atoms with E-state index in [2.05, 4.69) is 26.2 Å². The largest absolute Gasteiger partial charge is 0.392 e. The fourth-order valence-electron chi connectivity index (χ4n) is 2.35. The van der Waals surface area contributed by atoms with Crippen LogP contribution in [0, 0.1) is 5.82 Å². The molecule has 23 heavy (non-hydrogen) atoms. The van der Waals surface area contributed by atoms with Crippen LogP contribution in [0.4, 0.5) is 10.1 Å². The molecule has 2 N–H and O–H groups in total. The van der Waals surface area contributed by atoms with Gasteiger partial charge in [0.15, 0.2) is 0 Å². The second kappa shape index (κ2) is 6.35. The van der Waals surface area contributed by atoms with E-state index in [0.29, 0.717) is 21.4 Å². The van der Waals surface area contributed by atoms with Crippen molar-refractivity contribution in [1.29, 1.82) is 0 Å². The SMILES string of the molecule is O=C(Nc1ccc(F)cc1)C1(c2cc(CO)c(Br)cn2)COC1. The quantitative estimate of drug-likeness (QED) is 0.853. The van der Waals surface area contributed by atoms with Crippen molar-refractivity contribution < 1.29 is 19.0 Å². The third kappa shape index (κ3) is 2.99. The number of aliphatic hydroxyl groups is 1. The highest BCUT2D eigenvalue weighted by Gasteiger charge is 2.49. The lowest BCUT2D eigenvalue weighted by Crippen LogP contribution is -2.56. The minimum absolute atomic E-state index is 0.160. The summed E-state index contributed by atoms with van der Waals surface area (Å²) in [7, 11) is 0. The van der Waals surface area contributed by atoms with Crippen LogP contribution in [0.15, 0.2) is 41.0 Å². The molecule has 2 aromatic rings. The van der Waals surface area contributed by atoms with Crippen LogP contribution in [0.25, 0.3) is 0 Å². The molecule has 0 aliphatic carbocycles. The Morgan fingerprint density at radius 2 is 2.09 bits per heavy atom. The average Bonchev–Trinajstić information content (AvgIpc) is 2.50. The van der Waals surface area contributed by atoms with E-state index in [1.807, 2.05) is 0 Å². The number of anilines is 1. The average molecular weight is 381 g/mol. The molecule has 2 heterocycles. The summed E-state index contributed by atoms with van der Waals surface area (Å²) in [5, 5.41) is 12.1. The highest BCUT2D eigenvalue weighted by molar-refractivity contribution is 9.10. The van der Waals surface area contributed by atoms with Crippen LogP contribution >= 0.6 is 15.9 Å². The molecule has 5 nitrogen and oxygen atoms in total. The van der Waals surface area contributed by atoms with Crippen LogP contribution in [0.3, 0.4) is 0 Å². The number of amides is 1. The van der Waals surface area contributed by atoms with E-state index in [1.54, 1.807) is 12.3 Å². The molecule has 1 aromatic carbocycles. The predicted octanol–water partition coefficient (Wildman–Crippen LogP) is 2.38. The molecule has 0 atom stereocenters. The summed E-state index contributed by atoms with van der Waals surface area (Å²) in [6.45, 7) is 0.256. The van der Waals surface area contributed by atoms with Crippen LogP contribution in [-0.4, -0.2) is 29.2 Å². The van der Waals surface area contributed by atoms with Gasteiger partial charge in [-0.25, -0.2) is 4.39 Å². The zero-order valence-corrected chi connectivity index (χ0v) is 13.6. The van der Waals surface area contributed by atoms with Crippen molar-refractivity contribution in [3.63, 3.8) is 0 Å². The van der Waals surface area contributed by atoms with E-state index in [9.17, 15) is 14.3 Å². The van der Waals surface area contributed by atoms with Crippen LogP contribution in [-0.2, 0) is 21.6 Å². The minimum atomic E-state index is -0.904. The Bertz CT molecular complexity index is 733. The van der Waals surface area contributed by atoms with E-state index < -0.39 is 5.41 Å². The van der Waals surface area contributed by atoms with Crippen molar-refractivity contribution >= 4 is 27.5 Å². The Morgan fingerprint density at radius 3 is 2.65 bits per heavy atom. The molecule has 3 rings (SSSR count). The first-order chi connectivity index (χ1) is 11.0. The smallest absolute Gasteiger partial charge is 0.241 e. The number of hydrogen-bond acceptors (Lipinski definition) is 4. The maximum Gasteiger partial charge on any atom is 0.241 e. The number of halogens is 2. The Kier molecular flexibility index (Phi) is 4.43. The molecule has 0 unspecified atom stereocenters. The van der Waals surface area contributed by atoms with Gasteiger partial charge in [0, 0.05) is 16.4 Å². The topological polar surface area (TPSA) is 71.5 Å². The van der Waals surface area contributed by atoms with E-state index in [-0.39, 0.29) is 31.5 Å². The molecular formula is C16H14BrFN2O3. The zero-order chi connectivity index (χ0) is 16.4. The van der Waals surface area contributed by atoms with Gasteiger partial charge >= 0.3 is 0 Å². The Hall–Kier alpha value is -1.83. The number of benzene rings is 1. The van der Waals surface area contributed by atoms with Gasteiger partial charge in [-0.1, -0.05) is 0 Å². The number of hydrogen-bond donors (Lipinski definition) is 2. The molecule has 1 aliphatic heterocycles. The predicted molar refractivity (Wildman–Crippen MR) is 85.4 cm³/mol. The number of pyridine rings is 1. The second-order valence-corrected chi connectivity index (χ2v) is 6.21. The molecule has 0 spiro atoms. The summed E-state index contributed by atoms with van der Waals surface area (Å²) in [6.07, 6.45) is 1.56. The van der Waals surface area contributed by atoms with Crippen molar-refractivity contribution in [3.8, 4) is 0 Å². The van der Waals surface area contributed by atoms with Gasteiger partial charge in [-0.2, -0.15) is 0 Å². The van der Waals surface area contributed by atoms with Crippen molar-refractivity contribution in [1.82, 2.24) is 4.98 Å². The molecule has 0 bridgehead atoms. The van der Waals surface area contributed by atoms with Gasteiger partial charge in [-0.3, -0.25) is 9.78 Å². The first-order valence-corrected chi connectivity index (χ1v) is 7.75. The molecule has 0 saturated carbocycles. The van der Waals surface area contributed by atoms with Gasteiger partial charge in [0.25, 0.3) is 0 Å². The van der Waals surface area contributed by atoms with Gasteiger partial charge in [0.05, 0.1) is 25.5 Å². The van der Waals surface area contributed by atoms with Gasteiger partial charge in [0.2, 0.25) is 5.91 Å². The summed E-state index contributed by atoms with van der Waals surface area (Å²) < 4.78 is 18.9. The molecule has 0 radical (unpaired) electrons. The number of rotatable bonds is 4. The van der Waals surface area contributed by atoms with Crippen molar-refractivity contribution in [2.45, 2.75) is 12.0 Å². The summed E-state index contributed by atoms with van der Waals surface area (Å²) in [6, 6.07) is 7.24. The minimum Gasteiger partial charge on any atom is -0.392 e. The second-order valence-electron chi connectivity index (χ2n) is 5.35. The summed E-state index contributed by atoms with van der Waals surface area (Å²) in [5.74, 6) is -0.638. The maximum absolute atomic E-state index is 13.0. The van der Waals surface area contributed by atoms with Crippen LogP contribution in [0.2, 0.25) is 0 Å². The van der Waals surface area contributed by atoms with Crippen molar-refractivity contribution in [3.05, 3.63) is 58.1 Å². The Morgan fingerprint density at radius 1 is 1.39 bits per heavy atom. The third-order valence-corrected chi connectivity index (χ3v) is 4.54. The van der Waals surface area contributed by atoms with Crippen LogP contribution < -0.4 is 5.32 Å². The number of aliphatic hydroxyl groups excluding tert-OH is 1. The number of carbonyl (C=O) groups is 1. The van der Waals surface area contributed by atoms with Crippen LogP contribution in [0.1, 0.15) is 11.3 Å². The third-order valence-electron chi connectivity index (χ3n) is 3.83. The number of nitrogens with zero attached hydrogens (tertiary/aromatic N) is 1. The lowest BCUT2D eigenvalue weighted by atomic mass is 9.80. The van der Waals surface area contributed by atoms with E-state index >= 15 is 0 Å². The number of aromatic nitrogens is 1. The summed E-state index contributed by atoms with van der Waals surface area (Å²) in [5.41, 5.74) is 0.785. The molecule has 1 aliphatic rings. The highest BCUT2D eigenvalue weighted by Crippen LogP contribution is 2.34. The molecule has 120 valence electrons. The van der Waals surface area contributed by atoms with Gasteiger partial charge in [-0.05, 0) is 51.8 Å². The van der Waals surface area contributed by atoms with Gasteiger partial charge in [-0.15, -0.1) is 0 Å². The molecule has 1 amide bonds. The van der Waals surface area contributed by atoms with Gasteiger partial charge in [0.1, 0.15) is 11.2 Å². The lowest BCUT2D eigenvalue weighted by molar-refractivity contribution is -0.140. The fraction of sp³-hybridized carbons (Fsp3) is 0.250. The molecule has 1 fully saturated rings. The standard InChI is InChI=1S/C16H14BrFN2O3/c17-13-6-19-14(5-10(13)7-21)16(8-23-9-16)15(22)20-12-3-1-11(18)2-4-12/h1-6,21H,7-9H2,(H,20,22). The first-order valence-electron chi connectivity index (χ1n) is 6.96. The Labute approximate surface area is 140 Å². The van der Waals surface area contributed by atoms with E-state index in [4.69, 9.17) is 4.74 Å². The van der Waals surface area contributed by atoms with E-state index in [1.165, 1.54) is 24.3 Å². The summed E-state index contributed by atoms with van der Waals surface area (Å²) in [4.78, 5) is 17.0. The van der Waals surface area contributed by atoms with Gasteiger partial charge < -0.3 is 15.2 Å². The summed E-state index contributed by atoms with van der Waals surface area (Å²) >= 11 is 3.31. The molecule has 1 saturated heterocycles. The maximum atomic E-state index is 13.0. The number of ether oxygens (including phenoxy) is 1. The zero-order valence-electron chi connectivity index (χ0n) is 12.1. The number of nitrogens with one attached hydrogen (secondary N) is 1. The fourth-order valence-corrected chi connectivity index (χ4v) is 2.69. The monoisotopic (exact) mass is 380 g/mol. The van der Waals surface area contributed by atoms with E-state index in [0.717, 1.165) is 0 Å². The molecule has 7 heteroatoms. The highest BCUT2D eigenvalue weighted by atomic mass is 79.9. The normalized spacial score (nSPS) is 15.8. The lowest BCUT2D eigenvalue weighted by Gasteiger charge is -2.39. The molecule has 1 aromatic heterocycles. The Balaban J connectivity index is 1.88. The van der Waals surface area contributed by atoms with Crippen molar-refractivity contribution in [2.24, 2.45) is 0 Å². The van der Waals surface area contributed by atoms with Crippen molar-refractivity contribution in [2.75, 3.05) is 18.5 Å².